The molecule has 0 aromatic heterocycles. The van der Waals surface area contributed by atoms with Crippen molar-refractivity contribution < 1.29 is 4.79 Å². The molecule has 0 fully saturated rings. The SMILES string of the molecule is C=CCN1C(=O)N=C(N)C1CCCCCCCCC. The van der Waals surface area contributed by atoms with Crippen molar-refractivity contribution in [2.24, 2.45) is 10.7 Å². The summed E-state index contributed by atoms with van der Waals surface area (Å²) in [6.07, 6.45) is 11.5. The van der Waals surface area contributed by atoms with Crippen molar-refractivity contribution in [3.63, 3.8) is 0 Å². The van der Waals surface area contributed by atoms with Gasteiger partial charge in [-0.1, -0.05) is 57.9 Å². The van der Waals surface area contributed by atoms with Crippen LogP contribution in [0.1, 0.15) is 58.3 Å². The molecule has 0 aliphatic carbocycles. The lowest BCUT2D eigenvalue weighted by Crippen LogP contribution is -2.40. The Balaban J connectivity index is 2.21. The zero-order chi connectivity index (χ0) is 14.1. The summed E-state index contributed by atoms with van der Waals surface area (Å²) in [4.78, 5) is 17.2. The minimum Gasteiger partial charge on any atom is -0.385 e. The zero-order valence-electron chi connectivity index (χ0n) is 12.1. The van der Waals surface area contributed by atoms with E-state index in [1.165, 1.54) is 38.5 Å². The largest absolute Gasteiger partial charge is 0.385 e. The molecule has 0 spiro atoms. The van der Waals surface area contributed by atoms with Gasteiger partial charge in [-0.2, -0.15) is 4.99 Å². The topological polar surface area (TPSA) is 58.7 Å². The van der Waals surface area contributed by atoms with Crippen LogP contribution < -0.4 is 5.73 Å². The predicted octanol–water partition coefficient (Wildman–Crippen LogP) is 3.47. The summed E-state index contributed by atoms with van der Waals surface area (Å²) in [5.41, 5.74) is 5.82. The quantitative estimate of drug-likeness (QED) is 0.485. The van der Waals surface area contributed by atoms with Crippen LogP contribution in [-0.2, 0) is 0 Å². The Bertz CT molecular complexity index is 325. The van der Waals surface area contributed by atoms with Crippen LogP contribution in [0.5, 0.6) is 0 Å². The van der Waals surface area contributed by atoms with Gasteiger partial charge in [-0.25, -0.2) is 4.79 Å². The van der Waals surface area contributed by atoms with Crippen LogP contribution in [0.15, 0.2) is 17.6 Å². The first-order valence-electron chi connectivity index (χ1n) is 7.46. The number of carbonyl (C=O) groups excluding carboxylic acids is 1. The third kappa shape index (κ3) is 5.05. The molecule has 4 heteroatoms. The Morgan fingerprint density at radius 1 is 1.26 bits per heavy atom. The lowest BCUT2D eigenvalue weighted by molar-refractivity contribution is 0.210. The second kappa shape index (κ2) is 8.73. The molecular weight excluding hydrogens is 238 g/mol. The van der Waals surface area contributed by atoms with Crippen LogP contribution in [-0.4, -0.2) is 29.4 Å². The highest BCUT2D eigenvalue weighted by Gasteiger charge is 2.31. The molecule has 0 aromatic carbocycles. The molecule has 108 valence electrons. The average molecular weight is 265 g/mol. The second-order valence-electron chi connectivity index (χ2n) is 5.19. The van der Waals surface area contributed by atoms with Crippen LogP contribution in [0, 0.1) is 0 Å². The fraction of sp³-hybridized carbons (Fsp3) is 0.733. The number of hydrogen-bond donors (Lipinski definition) is 1. The summed E-state index contributed by atoms with van der Waals surface area (Å²) >= 11 is 0. The van der Waals surface area contributed by atoms with Gasteiger partial charge in [0.05, 0.1) is 6.04 Å². The van der Waals surface area contributed by atoms with E-state index < -0.39 is 0 Å². The van der Waals surface area contributed by atoms with Gasteiger partial charge in [-0.3, -0.25) is 0 Å². The number of carbonyl (C=O) groups is 1. The molecule has 0 aromatic rings. The highest BCUT2D eigenvalue weighted by atomic mass is 16.2. The summed E-state index contributed by atoms with van der Waals surface area (Å²) in [5.74, 6) is 0.470. The fourth-order valence-corrected chi connectivity index (χ4v) is 2.49. The molecule has 1 rings (SSSR count). The molecule has 4 nitrogen and oxygen atoms in total. The van der Waals surface area contributed by atoms with Crippen LogP contribution in [0.2, 0.25) is 0 Å². The standard InChI is InChI=1S/C15H27N3O/c1-3-5-6-7-8-9-10-11-13-14(16)17-15(19)18(13)12-4-2/h4,13H,2-3,5-12H2,1H3,(H2,16,17,19). The maximum atomic E-state index is 11.6. The van der Waals surface area contributed by atoms with Gasteiger partial charge in [-0.05, 0) is 6.42 Å². The number of nitrogens with two attached hydrogens (primary N) is 1. The smallest absolute Gasteiger partial charge is 0.346 e. The molecule has 0 saturated heterocycles. The van der Waals surface area contributed by atoms with E-state index in [0.29, 0.717) is 12.4 Å². The molecule has 0 radical (unpaired) electrons. The summed E-state index contributed by atoms with van der Waals surface area (Å²) in [6.45, 7) is 6.43. The fourth-order valence-electron chi connectivity index (χ4n) is 2.49. The number of aliphatic imine (C=N–C) groups is 1. The first-order chi connectivity index (χ1) is 9.20. The van der Waals surface area contributed by atoms with Crippen molar-refractivity contribution in [1.82, 2.24) is 4.90 Å². The van der Waals surface area contributed by atoms with Gasteiger partial charge in [-0.15, -0.1) is 6.58 Å². The van der Waals surface area contributed by atoms with Gasteiger partial charge in [0.15, 0.2) is 0 Å². The Labute approximate surface area is 116 Å². The van der Waals surface area contributed by atoms with Gasteiger partial charge in [0.2, 0.25) is 0 Å². The average Bonchev–Trinajstić information content (AvgIpc) is 2.64. The van der Waals surface area contributed by atoms with Gasteiger partial charge in [0.25, 0.3) is 0 Å². The van der Waals surface area contributed by atoms with E-state index in [1.54, 1.807) is 11.0 Å². The first kappa shape index (κ1) is 15.7. The van der Waals surface area contributed by atoms with Gasteiger partial charge >= 0.3 is 6.03 Å². The highest BCUT2D eigenvalue weighted by molar-refractivity contribution is 6.02. The molecule has 2 N–H and O–H groups in total. The van der Waals surface area contributed by atoms with E-state index in [1.807, 2.05) is 0 Å². The minimum absolute atomic E-state index is 0.0128. The first-order valence-corrected chi connectivity index (χ1v) is 7.46. The summed E-state index contributed by atoms with van der Waals surface area (Å²) in [7, 11) is 0. The Hall–Kier alpha value is -1.32. The summed E-state index contributed by atoms with van der Waals surface area (Å²) < 4.78 is 0. The van der Waals surface area contributed by atoms with E-state index in [2.05, 4.69) is 18.5 Å². The Morgan fingerprint density at radius 2 is 1.89 bits per heavy atom. The lowest BCUT2D eigenvalue weighted by Gasteiger charge is -2.22. The molecule has 1 atom stereocenters. The number of unbranched alkanes of at least 4 members (excludes halogenated alkanes) is 6. The number of amidine groups is 1. The van der Waals surface area contributed by atoms with Crippen LogP contribution >= 0.6 is 0 Å². The molecule has 1 aliphatic heterocycles. The maximum Gasteiger partial charge on any atom is 0.346 e. The van der Waals surface area contributed by atoms with E-state index in [9.17, 15) is 4.79 Å². The van der Waals surface area contributed by atoms with E-state index in [0.717, 1.165) is 12.8 Å². The number of nitrogens with zero attached hydrogens (tertiary/aromatic N) is 2. The molecule has 0 saturated carbocycles. The number of rotatable bonds is 10. The normalized spacial score (nSPS) is 18.8. The molecule has 1 heterocycles. The van der Waals surface area contributed by atoms with Gasteiger partial charge < -0.3 is 10.6 Å². The maximum absolute atomic E-state index is 11.6. The summed E-state index contributed by atoms with van der Waals surface area (Å²) in [5, 5.41) is 0. The molecule has 1 unspecified atom stereocenters. The molecule has 1 aliphatic rings. The Kier molecular flexibility index (Phi) is 7.23. The van der Waals surface area contributed by atoms with Crippen molar-refractivity contribution in [3.8, 4) is 0 Å². The van der Waals surface area contributed by atoms with Crippen molar-refractivity contribution >= 4 is 11.9 Å². The minimum atomic E-state index is -0.217. The Morgan fingerprint density at radius 3 is 2.53 bits per heavy atom. The number of urea groups is 1. The molecular formula is C15H27N3O. The molecule has 0 bridgehead atoms. The van der Waals surface area contributed by atoms with Crippen molar-refractivity contribution in [2.75, 3.05) is 6.54 Å². The third-order valence-corrected chi connectivity index (χ3v) is 3.59. The highest BCUT2D eigenvalue weighted by Crippen LogP contribution is 2.18. The van der Waals surface area contributed by atoms with Gasteiger partial charge in [0, 0.05) is 6.54 Å². The van der Waals surface area contributed by atoms with E-state index >= 15 is 0 Å². The predicted molar refractivity (Wildman–Crippen MR) is 80.3 cm³/mol. The summed E-state index contributed by atoms with van der Waals surface area (Å²) in [6, 6.07) is -0.230. The van der Waals surface area contributed by atoms with Gasteiger partial charge in [0.1, 0.15) is 5.84 Å². The monoisotopic (exact) mass is 265 g/mol. The lowest BCUT2D eigenvalue weighted by atomic mass is 10.0. The zero-order valence-corrected chi connectivity index (χ0v) is 12.1. The van der Waals surface area contributed by atoms with E-state index in [-0.39, 0.29) is 12.1 Å². The van der Waals surface area contributed by atoms with Crippen molar-refractivity contribution in [1.29, 1.82) is 0 Å². The molecule has 19 heavy (non-hydrogen) atoms. The number of amides is 2. The molecule has 2 amide bonds. The van der Waals surface area contributed by atoms with Crippen LogP contribution in [0.25, 0.3) is 0 Å². The third-order valence-electron chi connectivity index (χ3n) is 3.59. The van der Waals surface area contributed by atoms with Crippen LogP contribution in [0.3, 0.4) is 0 Å². The number of hydrogen-bond acceptors (Lipinski definition) is 2. The van der Waals surface area contributed by atoms with E-state index in [4.69, 9.17) is 5.73 Å². The second-order valence-corrected chi connectivity index (χ2v) is 5.19. The van der Waals surface area contributed by atoms with Crippen molar-refractivity contribution in [2.45, 2.75) is 64.3 Å². The van der Waals surface area contributed by atoms with Crippen molar-refractivity contribution in [3.05, 3.63) is 12.7 Å². The van der Waals surface area contributed by atoms with Crippen LogP contribution in [0.4, 0.5) is 4.79 Å².